The highest BCUT2D eigenvalue weighted by atomic mass is 19.1. The fraction of sp³-hybridized carbons (Fsp3) is 0.364. The van der Waals surface area contributed by atoms with Crippen LogP contribution in [0.4, 0.5) is 4.39 Å². The Morgan fingerprint density at radius 1 is 0.929 bits per heavy atom. The van der Waals surface area contributed by atoms with Gasteiger partial charge in [-0.1, -0.05) is 48.5 Å². The zero-order valence-corrected chi connectivity index (χ0v) is 15.9. The van der Waals surface area contributed by atoms with Gasteiger partial charge < -0.3 is 10.2 Å². The molecule has 6 heteroatoms. The number of nitrogens with one attached hydrogen (secondary N) is 1. The maximum atomic E-state index is 13.7. The quantitative estimate of drug-likeness (QED) is 0.798. The van der Waals surface area contributed by atoms with Crippen LogP contribution in [0.15, 0.2) is 54.6 Å². The lowest BCUT2D eigenvalue weighted by Crippen LogP contribution is -2.51. The fourth-order valence-electron chi connectivity index (χ4n) is 3.31. The molecule has 0 radical (unpaired) electrons. The van der Waals surface area contributed by atoms with Gasteiger partial charge in [0, 0.05) is 39.1 Å². The van der Waals surface area contributed by atoms with Crippen molar-refractivity contribution in [3.05, 3.63) is 71.5 Å². The standard InChI is InChI=1S/C22H26FN3O2/c23-20-9-5-4-8-19(20)10-11-22(28)26-14-12-25(13-15-26)17-21(27)24-16-18-6-2-1-3-7-18/h1-9H,10-17H2,(H,24,27). The molecule has 1 N–H and O–H groups in total. The largest absolute Gasteiger partial charge is 0.351 e. The number of benzene rings is 2. The molecule has 1 saturated heterocycles. The van der Waals surface area contributed by atoms with Crippen molar-refractivity contribution in [1.29, 1.82) is 0 Å². The molecule has 1 aliphatic heterocycles. The second-order valence-electron chi connectivity index (χ2n) is 7.01. The number of carbonyl (C=O) groups excluding carboxylic acids is 2. The lowest BCUT2D eigenvalue weighted by molar-refractivity contribution is -0.133. The molecule has 1 heterocycles. The van der Waals surface area contributed by atoms with Crippen LogP contribution in [0.3, 0.4) is 0 Å². The summed E-state index contributed by atoms with van der Waals surface area (Å²) in [6.07, 6.45) is 0.714. The van der Waals surface area contributed by atoms with Crippen molar-refractivity contribution in [1.82, 2.24) is 15.1 Å². The predicted octanol–water partition coefficient (Wildman–Crippen LogP) is 2.22. The number of hydrogen-bond acceptors (Lipinski definition) is 3. The first-order valence-electron chi connectivity index (χ1n) is 9.66. The number of hydrogen-bond donors (Lipinski definition) is 1. The Kier molecular flexibility index (Phi) is 7.14. The van der Waals surface area contributed by atoms with Crippen molar-refractivity contribution in [3.8, 4) is 0 Å². The number of rotatable bonds is 7. The maximum absolute atomic E-state index is 13.7. The number of piperazine rings is 1. The van der Waals surface area contributed by atoms with Crippen molar-refractivity contribution < 1.29 is 14.0 Å². The first-order chi connectivity index (χ1) is 13.6. The molecule has 5 nitrogen and oxygen atoms in total. The molecule has 3 rings (SSSR count). The zero-order chi connectivity index (χ0) is 19.8. The van der Waals surface area contributed by atoms with Crippen molar-refractivity contribution >= 4 is 11.8 Å². The molecule has 0 spiro atoms. The van der Waals surface area contributed by atoms with E-state index in [0.717, 1.165) is 5.56 Å². The van der Waals surface area contributed by atoms with Crippen LogP contribution in [0.5, 0.6) is 0 Å². The lowest BCUT2D eigenvalue weighted by atomic mass is 10.1. The minimum Gasteiger partial charge on any atom is -0.351 e. The number of amides is 2. The third-order valence-corrected chi connectivity index (χ3v) is 4.99. The second kappa shape index (κ2) is 9.99. The van der Waals surface area contributed by atoms with E-state index in [2.05, 4.69) is 10.2 Å². The summed E-state index contributed by atoms with van der Waals surface area (Å²) in [4.78, 5) is 28.4. The van der Waals surface area contributed by atoms with Gasteiger partial charge in [-0.3, -0.25) is 14.5 Å². The van der Waals surface area contributed by atoms with Gasteiger partial charge in [-0.25, -0.2) is 4.39 Å². The topological polar surface area (TPSA) is 52.7 Å². The summed E-state index contributed by atoms with van der Waals surface area (Å²) in [6, 6.07) is 16.4. The smallest absolute Gasteiger partial charge is 0.234 e. The van der Waals surface area contributed by atoms with Crippen LogP contribution in [-0.2, 0) is 22.6 Å². The number of aryl methyl sites for hydroxylation is 1. The van der Waals surface area contributed by atoms with Crippen LogP contribution in [-0.4, -0.2) is 54.3 Å². The molecule has 2 aromatic carbocycles. The van der Waals surface area contributed by atoms with Crippen LogP contribution in [0.25, 0.3) is 0 Å². The Balaban J connectivity index is 1.36. The highest BCUT2D eigenvalue weighted by molar-refractivity contribution is 5.78. The Morgan fingerprint density at radius 2 is 1.61 bits per heavy atom. The Morgan fingerprint density at radius 3 is 2.32 bits per heavy atom. The van der Waals surface area contributed by atoms with Crippen LogP contribution < -0.4 is 5.32 Å². The van der Waals surface area contributed by atoms with Crippen molar-refractivity contribution in [3.63, 3.8) is 0 Å². The normalized spacial score (nSPS) is 14.7. The van der Waals surface area contributed by atoms with Gasteiger partial charge in [-0.2, -0.15) is 0 Å². The maximum Gasteiger partial charge on any atom is 0.234 e. The van der Waals surface area contributed by atoms with E-state index in [1.807, 2.05) is 30.3 Å². The molecule has 1 aliphatic rings. The SMILES string of the molecule is O=C(CN1CCN(C(=O)CCc2ccccc2F)CC1)NCc1ccccc1. The number of nitrogens with zero attached hydrogens (tertiary/aromatic N) is 2. The highest BCUT2D eigenvalue weighted by Gasteiger charge is 2.22. The molecular formula is C22H26FN3O2. The molecule has 0 aliphatic carbocycles. The second-order valence-corrected chi connectivity index (χ2v) is 7.01. The summed E-state index contributed by atoms with van der Waals surface area (Å²) < 4.78 is 13.7. The number of carbonyl (C=O) groups is 2. The van der Waals surface area contributed by atoms with Gasteiger partial charge in [0.2, 0.25) is 11.8 Å². The summed E-state index contributed by atoms with van der Waals surface area (Å²) >= 11 is 0. The van der Waals surface area contributed by atoms with E-state index in [9.17, 15) is 14.0 Å². The zero-order valence-electron chi connectivity index (χ0n) is 15.9. The molecule has 0 aromatic heterocycles. The average molecular weight is 383 g/mol. The van der Waals surface area contributed by atoms with Crippen molar-refractivity contribution in [2.24, 2.45) is 0 Å². The predicted molar refractivity (Wildman–Crippen MR) is 106 cm³/mol. The molecule has 0 saturated carbocycles. The Hall–Kier alpha value is -2.73. The van der Waals surface area contributed by atoms with Crippen molar-refractivity contribution in [2.75, 3.05) is 32.7 Å². The summed E-state index contributed by atoms with van der Waals surface area (Å²) in [5.41, 5.74) is 1.64. The Bertz CT molecular complexity index is 789. The van der Waals surface area contributed by atoms with Gasteiger partial charge in [0.25, 0.3) is 0 Å². The van der Waals surface area contributed by atoms with Gasteiger partial charge in [0.05, 0.1) is 6.54 Å². The summed E-state index contributed by atoms with van der Waals surface area (Å²) in [5, 5.41) is 2.93. The van der Waals surface area contributed by atoms with Crippen LogP contribution in [0.1, 0.15) is 17.5 Å². The minimum atomic E-state index is -0.262. The molecule has 0 unspecified atom stereocenters. The Labute approximate surface area is 165 Å². The molecular weight excluding hydrogens is 357 g/mol. The fourth-order valence-corrected chi connectivity index (χ4v) is 3.31. The first-order valence-corrected chi connectivity index (χ1v) is 9.66. The van der Waals surface area contributed by atoms with E-state index in [-0.39, 0.29) is 17.6 Å². The third-order valence-electron chi connectivity index (χ3n) is 4.99. The minimum absolute atomic E-state index is 0.0109. The monoisotopic (exact) mass is 383 g/mol. The molecule has 28 heavy (non-hydrogen) atoms. The van der Waals surface area contributed by atoms with Gasteiger partial charge in [-0.05, 0) is 23.6 Å². The first kappa shape index (κ1) is 20.0. The van der Waals surface area contributed by atoms with Crippen LogP contribution in [0.2, 0.25) is 0 Å². The molecule has 148 valence electrons. The van der Waals surface area contributed by atoms with E-state index in [0.29, 0.717) is 57.7 Å². The molecule has 0 bridgehead atoms. The molecule has 2 amide bonds. The summed E-state index contributed by atoms with van der Waals surface area (Å²) in [7, 11) is 0. The molecule has 2 aromatic rings. The van der Waals surface area contributed by atoms with Gasteiger partial charge in [-0.15, -0.1) is 0 Å². The molecule has 1 fully saturated rings. The van der Waals surface area contributed by atoms with Gasteiger partial charge in [0.15, 0.2) is 0 Å². The molecule has 0 atom stereocenters. The van der Waals surface area contributed by atoms with E-state index in [1.54, 1.807) is 23.1 Å². The van der Waals surface area contributed by atoms with Gasteiger partial charge in [0.1, 0.15) is 5.82 Å². The lowest BCUT2D eigenvalue weighted by Gasteiger charge is -2.34. The third kappa shape index (κ3) is 5.89. The van der Waals surface area contributed by atoms with E-state index in [4.69, 9.17) is 0 Å². The van der Waals surface area contributed by atoms with E-state index in [1.165, 1.54) is 6.07 Å². The number of halogens is 1. The van der Waals surface area contributed by atoms with Crippen molar-refractivity contribution in [2.45, 2.75) is 19.4 Å². The van der Waals surface area contributed by atoms with Crippen LogP contribution >= 0.6 is 0 Å². The van der Waals surface area contributed by atoms with E-state index >= 15 is 0 Å². The highest BCUT2D eigenvalue weighted by Crippen LogP contribution is 2.11. The summed E-state index contributed by atoms with van der Waals surface area (Å²) in [6.45, 7) is 3.40. The average Bonchev–Trinajstić information content (AvgIpc) is 2.73. The van der Waals surface area contributed by atoms with Gasteiger partial charge >= 0.3 is 0 Å². The summed E-state index contributed by atoms with van der Waals surface area (Å²) in [5.74, 6) is -0.235. The van der Waals surface area contributed by atoms with E-state index < -0.39 is 0 Å². The van der Waals surface area contributed by atoms with Crippen LogP contribution in [0, 0.1) is 5.82 Å².